The van der Waals surface area contributed by atoms with Crippen LogP contribution in [-0.4, -0.2) is 54.5 Å². The Bertz CT molecular complexity index is 519. The maximum Gasteiger partial charge on any atom is 0.242 e. The average Bonchev–Trinajstić information content (AvgIpc) is 2.50. The van der Waals surface area contributed by atoms with E-state index in [2.05, 4.69) is 61.0 Å². The normalized spacial score (nSPS) is 18.5. The molecule has 1 atom stereocenters. The van der Waals surface area contributed by atoms with Crippen molar-refractivity contribution in [1.82, 2.24) is 15.1 Å². The Morgan fingerprint density at radius 3 is 2.57 bits per heavy atom. The number of nitrogens with zero attached hydrogens (tertiary/aromatic N) is 2. The van der Waals surface area contributed by atoms with E-state index in [4.69, 9.17) is 0 Å². The smallest absolute Gasteiger partial charge is 0.242 e. The summed E-state index contributed by atoms with van der Waals surface area (Å²) in [6.45, 7) is 11.3. The molecule has 2 rings (SSSR count). The first-order valence-electron chi connectivity index (χ1n) is 8.73. The molecule has 23 heavy (non-hydrogen) atoms. The van der Waals surface area contributed by atoms with E-state index in [-0.39, 0.29) is 11.9 Å². The van der Waals surface area contributed by atoms with Crippen molar-refractivity contribution in [3.63, 3.8) is 0 Å². The van der Waals surface area contributed by atoms with E-state index in [9.17, 15) is 4.79 Å². The molecule has 0 bridgehead atoms. The van der Waals surface area contributed by atoms with Crippen molar-refractivity contribution in [3.05, 3.63) is 35.4 Å². The summed E-state index contributed by atoms with van der Waals surface area (Å²) in [6, 6.07) is 9.13. The number of carbonyl (C=O) groups excluding carboxylic acids is 1. The lowest BCUT2D eigenvalue weighted by molar-refractivity contribution is -0.126. The second-order valence-corrected chi connectivity index (χ2v) is 7.05. The number of amides is 1. The number of nitrogens with one attached hydrogen (secondary N) is 1. The highest BCUT2D eigenvalue weighted by atomic mass is 16.2. The first kappa shape index (κ1) is 18.0. The predicted molar refractivity (Wildman–Crippen MR) is 95.5 cm³/mol. The molecule has 1 aromatic rings. The lowest BCUT2D eigenvalue weighted by atomic mass is 9.92. The molecule has 0 radical (unpaired) electrons. The van der Waals surface area contributed by atoms with Crippen LogP contribution in [0, 0.1) is 0 Å². The van der Waals surface area contributed by atoms with Crippen LogP contribution in [0.4, 0.5) is 0 Å². The van der Waals surface area contributed by atoms with Gasteiger partial charge in [0.1, 0.15) is 6.04 Å². The van der Waals surface area contributed by atoms with Crippen molar-refractivity contribution >= 4 is 5.91 Å². The molecule has 1 aliphatic rings. The van der Waals surface area contributed by atoms with Crippen LogP contribution in [0.3, 0.4) is 0 Å². The molecule has 4 heteroatoms. The van der Waals surface area contributed by atoms with Crippen LogP contribution in [0.2, 0.25) is 0 Å². The first-order valence-corrected chi connectivity index (χ1v) is 8.73. The largest absolute Gasteiger partial charge is 0.353 e. The van der Waals surface area contributed by atoms with Gasteiger partial charge in [0.15, 0.2) is 0 Å². The maximum absolute atomic E-state index is 12.7. The van der Waals surface area contributed by atoms with Gasteiger partial charge in [0.25, 0.3) is 0 Å². The lowest BCUT2D eigenvalue weighted by Gasteiger charge is -2.34. The van der Waals surface area contributed by atoms with Crippen LogP contribution in [0.25, 0.3) is 0 Å². The minimum Gasteiger partial charge on any atom is -0.353 e. The van der Waals surface area contributed by atoms with E-state index in [0.717, 1.165) is 25.1 Å². The summed E-state index contributed by atoms with van der Waals surface area (Å²) in [6.07, 6.45) is 1.02. The standard InChI is InChI=1S/C19H31N3O/c1-14(2)22(15(3)4)13-11-20-19(23)18-17-9-7-6-8-16(17)10-12-21(18)5/h6-9,14-15,18H,10-13H2,1-5H3,(H,20,23). The Hall–Kier alpha value is -1.39. The van der Waals surface area contributed by atoms with E-state index in [1.807, 2.05) is 13.1 Å². The topological polar surface area (TPSA) is 35.6 Å². The quantitative estimate of drug-likeness (QED) is 0.875. The summed E-state index contributed by atoms with van der Waals surface area (Å²) in [5.41, 5.74) is 2.46. The minimum absolute atomic E-state index is 0.118. The fourth-order valence-corrected chi connectivity index (χ4v) is 3.55. The fraction of sp³-hybridized carbons (Fsp3) is 0.632. The maximum atomic E-state index is 12.7. The van der Waals surface area contributed by atoms with Gasteiger partial charge >= 0.3 is 0 Å². The van der Waals surface area contributed by atoms with E-state index >= 15 is 0 Å². The highest BCUT2D eigenvalue weighted by Gasteiger charge is 2.30. The molecule has 0 aromatic heterocycles. The van der Waals surface area contributed by atoms with Gasteiger partial charge in [-0.3, -0.25) is 14.6 Å². The molecule has 1 amide bonds. The van der Waals surface area contributed by atoms with Gasteiger partial charge in [-0.25, -0.2) is 0 Å². The monoisotopic (exact) mass is 317 g/mol. The third kappa shape index (κ3) is 4.33. The van der Waals surface area contributed by atoms with Crippen molar-refractivity contribution in [3.8, 4) is 0 Å². The summed E-state index contributed by atoms with van der Waals surface area (Å²) in [5, 5.41) is 3.14. The van der Waals surface area contributed by atoms with Crippen LogP contribution in [-0.2, 0) is 11.2 Å². The molecule has 1 N–H and O–H groups in total. The summed E-state index contributed by atoms with van der Waals surface area (Å²) >= 11 is 0. The molecule has 1 heterocycles. The molecule has 1 aliphatic heterocycles. The molecule has 0 saturated heterocycles. The summed E-state index contributed by atoms with van der Waals surface area (Å²) < 4.78 is 0. The molecular formula is C19H31N3O. The third-order valence-electron chi connectivity index (χ3n) is 4.77. The van der Waals surface area contributed by atoms with Crippen molar-refractivity contribution in [2.45, 2.75) is 52.2 Å². The molecule has 1 aromatic carbocycles. The zero-order valence-electron chi connectivity index (χ0n) is 15.2. The van der Waals surface area contributed by atoms with Gasteiger partial charge in [0.05, 0.1) is 0 Å². The summed E-state index contributed by atoms with van der Waals surface area (Å²) in [4.78, 5) is 17.3. The van der Waals surface area contributed by atoms with Gasteiger partial charge in [-0.2, -0.15) is 0 Å². The van der Waals surface area contributed by atoms with Gasteiger partial charge in [0.2, 0.25) is 5.91 Å². The Balaban J connectivity index is 1.98. The number of hydrogen-bond acceptors (Lipinski definition) is 3. The number of fused-ring (bicyclic) bond motifs is 1. The average molecular weight is 317 g/mol. The van der Waals surface area contributed by atoms with Gasteiger partial charge < -0.3 is 5.32 Å². The lowest BCUT2D eigenvalue weighted by Crippen LogP contribution is -2.46. The Kier molecular flexibility index (Phi) is 6.19. The second-order valence-electron chi connectivity index (χ2n) is 7.05. The van der Waals surface area contributed by atoms with Crippen LogP contribution in [0.1, 0.15) is 44.9 Å². The number of hydrogen-bond donors (Lipinski definition) is 1. The van der Waals surface area contributed by atoms with Crippen LogP contribution in [0.5, 0.6) is 0 Å². The Morgan fingerprint density at radius 2 is 1.91 bits per heavy atom. The van der Waals surface area contributed by atoms with Gasteiger partial charge in [-0.15, -0.1) is 0 Å². The van der Waals surface area contributed by atoms with Gasteiger partial charge in [0, 0.05) is 31.7 Å². The zero-order valence-corrected chi connectivity index (χ0v) is 15.2. The van der Waals surface area contributed by atoms with Crippen molar-refractivity contribution in [2.24, 2.45) is 0 Å². The molecule has 128 valence electrons. The molecule has 4 nitrogen and oxygen atoms in total. The summed E-state index contributed by atoms with van der Waals surface area (Å²) in [7, 11) is 2.04. The SMILES string of the molecule is CC(C)N(CCNC(=O)C1c2ccccc2CCN1C)C(C)C. The molecule has 1 unspecified atom stereocenters. The predicted octanol–water partition coefficient (Wildman–Crippen LogP) is 2.45. The molecule has 0 aliphatic carbocycles. The number of carbonyl (C=O) groups is 1. The molecule has 0 fully saturated rings. The van der Waals surface area contributed by atoms with E-state index in [0.29, 0.717) is 18.6 Å². The third-order valence-corrected chi connectivity index (χ3v) is 4.77. The zero-order chi connectivity index (χ0) is 17.0. The van der Waals surface area contributed by atoms with Crippen molar-refractivity contribution < 1.29 is 4.79 Å². The van der Waals surface area contributed by atoms with Crippen molar-refractivity contribution in [1.29, 1.82) is 0 Å². The second kappa shape index (κ2) is 7.93. The Morgan fingerprint density at radius 1 is 1.26 bits per heavy atom. The Labute approximate surface area is 140 Å². The van der Waals surface area contributed by atoms with Gasteiger partial charge in [-0.1, -0.05) is 24.3 Å². The molecule has 0 spiro atoms. The highest BCUT2D eigenvalue weighted by Crippen LogP contribution is 2.28. The number of rotatable bonds is 6. The van der Waals surface area contributed by atoms with Crippen LogP contribution in [0.15, 0.2) is 24.3 Å². The van der Waals surface area contributed by atoms with Gasteiger partial charge in [-0.05, 0) is 52.3 Å². The van der Waals surface area contributed by atoms with Crippen LogP contribution < -0.4 is 5.32 Å². The summed E-state index contributed by atoms with van der Waals surface area (Å²) in [5.74, 6) is 0.118. The van der Waals surface area contributed by atoms with E-state index in [1.54, 1.807) is 0 Å². The number of benzene rings is 1. The number of likely N-dealkylation sites (N-methyl/N-ethyl adjacent to an activating group) is 1. The molecular weight excluding hydrogens is 286 g/mol. The minimum atomic E-state index is -0.161. The van der Waals surface area contributed by atoms with Crippen molar-refractivity contribution in [2.75, 3.05) is 26.7 Å². The molecule has 0 saturated carbocycles. The van der Waals surface area contributed by atoms with E-state index in [1.165, 1.54) is 5.56 Å². The van der Waals surface area contributed by atoms with E-state index < -0.39 is 0 Å². The highest BCUT2D eigenvalue weighted by molar-refractivity contribution is 5.83. The first-order chi connectivity index (χ1) is 10.9. The van der Waals surface area contributed by atoms with Crippen LogP contribution >= 0.6 is 0 Å². The fourth-order valence-electron chi connectivity index (χ4n) is 3.55.